The third kappa shape index (κ3) is 16.8. The number of nitrogens with two attached hydrogens (primary N) is 4. The number of rotatable bonds is 26. The average Bonchev–Trinajstić information content (AvgIpc) is 3.67. The highest BCUT2D eigenvalue weighted by Gasteiger charge is 2.35. The van der Waals surface area contributed by atoms with Gasteiger partial charge in [0.05, 0.1) is 0 Å². The van der Waals surface area contributed by atoms with Crippen LogP contribution in [0.3, 0.4) is 0 Å². The number of carboxylic acids is 1. The van der Waals surface area contributed by atoms with E-state index in [4.69, 9.17) is 27.7 Å². The Kier molecular flexibility index (Phi) is 20.7. The molecule has 15 N–H and O–H groups in total. The van der Waals surface area contributed by atoms with E-state index in [0.717, 1.165) is 16.5 Å². The summed E-state index contributed by atoms with van der Waals surface area (Å²) < 4.78 is 5.37. The van der Waals surface area contributed by atoms with Gasteiger partial charge in [-0.2, -0.15) is 0 Å². The molecule has 3 aromatic rings. The van der Waals surface area contributed by atoms with Gasteiger partial charge in [0.25, 0.3) is 0 Å². The normalized spacial score (nSPS) is 14.3. The number of hydrogen-bond donors (Lipinski definition) is 11. The molecule has 0 aliphatic heterocycles. The Labute approximate surface area is 367 Å². The van der Waals surface area contributed by atoms with Crippen LogP contribution < -0.4 is 49.5 Å². The minimum atomic E-state index is -1.31. The summed E-state index contributed by atoms with van der Waals surface area (Å²) in [7, 11) is 0. The van der Waals surface area contributed by atoms with Crippen molar-refractivity contribution in [1.29, 1.82) is 0 Å². The average molecular weight is 877 g/mol. The lowest BCUT2D eigenvalue weighted by Crippen LogP contribution is -2.60. The first-order valence-electron chi connectivity index (χ1n) is 21.1. The van der Waals surface area contributed by atoms with Crippen molar-refractivity contribution >= 4 is 58.5 Å². The molecule has 20 heteroatoms. The van der Waals surface area contributed by atoms with Crippen LogP contribution in [0.1, 0.15) is 77.3 Å². The van der Waals surface area contributed by atoms with Crippen LogP contribution in [0, 0.1) is 11.8 Å². The van der Waals surface area contributed by atoms with E-state index >= 15 is 0 Å². The lowest BCUT2D eigenvalue weighted by Gasteiger charge is -2.29. The fraction of sp³-hybridized carbons (Fsp3) is 0.488. The van der Waals surface area contributed by atoms with Gasteiger partial charge in [0.2, 0.25) is 23.6 Å². The summed E-state index contributed by atoms with van der Waals surface area (Å²) in [5, 5.41) is 24.2. The number of aromatic amines is 1. The number of benzene rings is 2. The molecule has 3 rings (SSSR count). The fourth-order valence-corrected chi connectivity index (χ4v) is 6.61. The number of aromatic nitrogens is 1. The van der Waals surface area contributed by atoms with Crippen LogP contribution in [-0.2, 0) is 41.7 Å². The quantitative estimate of drug-likeness (QED) is 0.0308. The smallest absolute Gasteiger partial charge is 0.408 e. The van der Waals surface area contributed by atoms with Crippen molar-refractivity contribution in [3.8, 4) is 0 Å². The highest BCUT2D eigenvalue weighted by molar-refractivity contribution is 5.96. The molecule has 20 nitrogen and oxygen atoms in total. The second-order valence-corrected chi connectivity index (χ2v) is 15.4. The maximum Gasteiger partial charge on any atom is 0.408 e. The van der Waals surface area contributed by atoms with E-state index in [2.05, 4.69) is 41.6 Å². The number of nitrogens with zero attached hydrogens (tertiary/aromatic N) is 2. The zero-order valence-corrected chi connectivity index (χ0v) is 36.4. The van der Waals surface area contributed by atoms with Crippen LogP contribution in [0.4, 0.5) is 4.79 Å². The molecule has 344 valence electrons. The lowest BCUT2D eigenvalue weighted by atomic mass is 9.96. The maximum atomic E-state index is 14.4. The monoisotopic (exact) mass is 876 g/mol. The minimum absolute atomic E-state index is 0.0197. The predicted octanol–water partition coefficient (Wildman–Crippen LogP) is 1.23. The highest BCUT2D eigenvalue weighted by atomic mass is 16.5. The van der Waals surface area contributed by atoms with E-state index in [0.29, 0.717) is 18.4 Å². The number of ether oxygens (including phenoxy) is 1. The summed E-state index contributed by atoms with van der Waals surface area (Å²) in [6.07, 6.45) is 2.31. The van der Waals surface area contributed by atoms with Gasteiger partial charge in [-0.15, -0.1) is 0 Å². The van der Waals surface area contributed by atoms with E-state index in [-0.39, 0.29) is 63.7 Å². The van der Waals surface area contributed by atoms with E-state index in [1.165, 1.54) is 0 Å². The van der Waals surface area contributed by atoms with Crippen molar-refractivity contribution in [2.75, 3.05) is 13.1 Å². The summed E-state index contributed by atoms with van der Waals surface area (Å²) >= 11 is 0. The molecular weight excluding hydrogens is 813 g/mol. The van der Waals surface area contributed by atoms with E-state index in [1.54, 1.807) is 51.2 Å². The van der Waals surface area contributed by atoms with E-state index in [9.17, 15) is 33.9 Å². The van der Waals surface area contributed by atoms with Crippen molar-refractivity contribution < 1.29 is 38.6 Å². The number of guanidine groups is 2. The number of H-pyrrole nitrogens is 1. The van der Waals surface area contributed by atoms with Gasteiger partial charge in [-0.05, 0) is 54.7 Å². The molecule has 1 aromatic heterocycles. The molecule has 0 fully saturated rings. The molecule has 7 atom stereocenters. The number of para-hydroxylation sites is 1. The molecule has 0 saturated heterocycles. The van der Waals surface area contributed by atoms with Gasteiger partial charge in [-0.3, -0.25) is 29.2 Å². The predicted molar refractivity (Wildman–Crippen MR) is 240 cm³/mol. The van der Waals surface area contributed by atoms with Crippen LogP contribution in [0.5, 0.6) is 0 Å². The topological polar surface area (TPSA) is 337 Å². The number of alkyl carbamates (subject to hydrolysis) is 1. The Hall–Kier alpha value is -6.86. The standard InChI is InChI=1S/C43H64N12O8/c1-5-25(3)34(54-37(57)32(19-13-21-49-42(46)47)53-43(62)63-24-27-14-8-7-9-15-27)39(59)52-33(22-28-23-50-30-17-11-10-16-29(28)30)38(58)51-31(18-12-20-48-41(44)45)36(56)55-35(40(60)61)26(4)6-2/h7-11,14-17,23,25-26,31-35,50H,5-6,12-13,18-22,24H2,1-4H3,(H,51,58)(H,52,59)(H,53,62)(H,54,57)(H,55,56)(H,60,61)(H4,44,45,48)(H4,46,47,49). The SMILES string of the molecule is CCC(C)C(NC(=O)C(CCCN=C(N)N)NC(=O)C(Cc1c[nH]c2ccccc12)NC(=O)C(NC(=O)C(CCCN=C(N)N)NC(=O)OCc1ccccc1)C(C)CC)C(=O)O. The number of aliphatic imine (C=N–C) groups is 2. The van der Waals surface area contributed by atoms with Gasteiger partial charge < -0.3 is 64.3 Å². The van der Waals surface area contributed by atoms with Gasteiger partial charge in [-0.1, -0.05) is 89.1 Å². The van der Waals surface area contributed by atoms with Gasteiger partial charge in [0.1, 0.15) is 36.8 Å². The summed E-state index contributed by atoms with van der Waals surface area (Å²) in [5.41, 5.74) is 24.1. The Morgan fingerprint density at radius 2 is 1.17 bits per heavy atom. The molecule has 0 bridgehead atoms. The summed E-state index contributed by atoms with van der Waals surface area (Å²) in [4.78, 5) is 92.7. The summed E-state index contributed by atoms with van der Waals surface area (Å²) in [6, 6.07) is 10.2. The number of amides is 5. The molecule has 5 amide bonds. The number of carboxylic acid groups (broad SMARTS) is 1. The molecule has 0 aliphatic rings. The Morgan fingerprint density at radius 1 is 0.667 bits per heavy atom. The van der Waals surface area contributed by atoms with Crippen LogP contribution in [-0.4, -0.2) is 101 Å². The molecule has 1 heterocycles. The Balaban J connectivity index is 1.93. The zero-order valence-electron chi connectivity index (χ0n) is 36.4. The van der Waals surface area contributed by atoms with Gasteiger partial charge in [-0.25, -0.2) is 9.59 Å². The molecule has 0 saturated carbocycles. The number of fused-ring (bicyclic) bond motifs is 1. The Bertz CT molecular complexity index is 2030. The summed E-state index contributed by atoms with van der Waals surface area (Å²) in [5.74, 6) is -5.34. The van der Waals surface area contributed by atoms with Crippen molar-refractivity contribution in [3.63, 3.8) is 0 Å². The third-order valence-corrected chi connectivity index (χ3v) is 10.6. The van der Waals surface area contributed by atoms with Crippen molar-refractivity contribution in [2.45, 2.75) is 109 Å². The number of nitrogens with one attached hydrogen (secondary N) is 6. The van der Waals surface area contributed by atoms with Crippen molar-refractivity contribution in [2.24, 2.45) is 44.8 Å². The molecule has 0 aliphatic carbocycles. The number of aliphatic carboxylic acids is 1. The van der Waals surface area contributed by atoms with Crippen LogP contribution in [0.2, 0.25) is 0 Å². The van der Waals surface area contributed by atoms with Crippen LogP contribution in [0.25, 0.3) is 10.9 Å². The van der Waals surface area contributed by atoms with E-state index in [1.807, 2.05) is 37.3 Å². The van der Waals surface area contributed by atoms with Gasteiger partial charge in [0.15, 0.2) is 11.9 Å². The first kappa shape index (κ1) is 50.5. The van der Waals surface area contributed by atoms with E-state index < -0.39 is 77.7 Å². The Morgan fingerprint density at radius 3 is 1.75 bits per heavy atom. The largest absolute Gasteiger partial charge is 0.480 e. The maximum absolute atomic E-state index is 14.4. The second-order valence-electron chi connectivity index (χ2n) is 15.4. The fourth-order valence-electron chi connectivity index (χ4n) is 6.61. The van der Waals surface area contributed by atoms with Crippen LogP contribution in [0.15, 0.2) is 70.8 Å². The molecular formula is C43H64N12O8. The first-order valence-corrected chi connectivity index (χ1v) is 21.1. The van der Waals surface area contributed by atoms with Crippen LogP contribution >= 0.6 is 0 Å². The van der Waals surface area contributed by atoms with Crippen molar-refractivity contribution in [3.05, 3.63) is 71.9 Å². The molecule has 0 radical (unpaired) electrons. The zero-order chi connectivity index (χ0) is 46.5. The molecule has 2 aromatic carbocycles. The van der Waals surface area contributed by atoms with Gasteiger partial charge in [0, 0.05) is 36.6 Å². The molecule has 0 spiro atoms. The lowest BCUT2D eigenvalue weighted by molar-refractivity contribution is -0.144. The first-order chi connectivity index (χ1) is 30.0. The summed E-state index contributed by atoms with van der Waals surface area (Å²) in [6.45, 7) is 7.29. The highest BCUT2D eigenvalue weighted by Crippen LogP contribution is 2.20. The van der Waals surface area contributed by atoms with Gasteiger partial charge >= 0.3 is 12.1 Å². The molecule has 63 heavy (non-hydrogen) atoms. The second kappa shape index (κ2) is 25.8. The minimum Gasteiger partial charge on any atom is -0.480 e. The number of hydrogen-bond acceptors (Lipinski definition) is 9. The number of carbonyl (C=O) groups is 6. The molecule has 7 unspecified atom stereocenters. The van der Waals surface area contributed by atoms with Crippen molar-refractivity contribution in [1.82, 2.24) is 31.6 Å². The number of carbonyl (C=O) groups excluding carboxylic acids is 5. The third-order valence-electron chi connectivity index (χ3n) is 10.6.